The largest absolute Gasteiger partial charge is 0.351 e. The number of aryl methyl sites for hydroxylation is 1. The fourth-order valence-corrected chi connectivity index (χ4v) is 5.38. The zero-order chi connectivity index (χ0) is 23.8. The number of anilines is 1. The number of para-hydroxylation sites is 1. The van der Waals surface area contributed by atoms with Crippen molar-refractivity contribution in [2.75, 3.05) is 4.90 Å². The number of pyridine rings is 1. The molecular weight excluding hydrogens is 436 g/mol. The van der Waals surface area contributed by atoms with Gasteiger partial charge >= 0.3 is 0 Å². The Morgan fingerprint density at radius 1 is 0.882 bits per heavy atom. The number of hydrogen-bond donors (Lipinski definition) is 1. The van der Waals surface area contributed by atoms with Crippen molar-refractivity contribution in [1.82, 2.24) is 14.9 Å². The maximum absolute atomic E-state index is 5.92. The molecule has 2 aromatic heterocycles. The van der Waals surface area contributed by atoms with Crippen LogP contribution in [0.2, 0.25) is 0 Å². The van der Waals surface area contributed by atoms with Crippen molar-refractivity contribution in [1.29, 1.82) is 0 Å². The van der Waals surface area contributed by atoms with Crippen LogP contribution in [0.3, 0.4) is 0 Å². The van der Waals surface area contributed by atoms with Crippen LogP contribution in [0, 0.1) is 13.8 Å². The molecule has 3 heterocycles. The van der Waals surface area contributed by atoms with Crippen LogP contribution in [0.25, 0.3) is 5.69 Å². The third-order valence-electron chi connectivity index (χ3n) is 6.74. The fourth-order valence-electron chi connectivity index (χ4n) is 5.03. The zero-order valence-corrected chi connectivity index (χ0v) is 20.9. The summed E-state index contributed by atoms with van der Waals surface area (Å²) in [6, 6.07) is 27.6. The van der Waals surface area contributed by atoms with Crippen molar-refractivity contribution in [3.05, 3.63) is 113 Å². The molecule has 0 bridgehead atoms. The molecule has 1 N–H and O–H groups in total. The molecule has 5 rings (SSSR count). The highest BCUT2D eigenvalue weighted by Crippen LogP contribution is 2.43. The number of aromatic nitrogens is 2. The lowest BCUT2D eigenvalue weighted by Gasteiger charge is -2.28. The summed E-state index contributed by atoms with van der Waals surface area (Å²) < 4.78 is 2.33. The quantitative estimate of drug-likeness (QED) is 0.328. The number of nitrogens with one attached hydrogen (secondary N) is 1. The van der Waals surface area contributed by atoms with Crippen molar-refractivity contribution in [2.45, 2.75) is 45.7 Å². The smallest absolute Gasteiger partial charge is 0.174 e. The number of nitrogens with zero attached hydrogens (tertiary/aromatic N) is 3. The molecule has 4 nitrogen and oxygen atoms in total. The lowest BCUT2D eigenvalue weighted by molar-refractivity contribution is 0.565. The molecule has 1 aliphatic rings. The Morgan fingerprint density at radius 3 is 2.24 bits per heavy atom. The SMILES string of the molecule is Cc1cc([C@H]2[C@@H](c3ccccn3)NC(=S)N2c2ccc(C(C)C)cc2)c(C)n1-c1ccccc1. The van der Waals surface area contributed by atoms with E-state index < -0.39 is 0 Å². The summed E-state index contributed by atoms with van der Waals surface area (Å²) in [4.78, 5) is 6.96. The average Bonchev–Trinajstić information content (AvgIpc) is 3.35. The maximum atomic E-state index is 5.92. The summed E-state index contributed by atoms with van der Waals surface area (Å²) in [5, 5.41) is 4.31. The van der Waals surface area contributed by atoms with Gasteiger partial charge in [0.25, 0.3) is 0 Å². The van der Waals surface area contributed by atoms with E-state index in [2.05, 4.69) is 109 Å². The van der Waals surface area contributed by atoms with Gasteiger partial charge < -0.3 is 14.8 Å². The van der Waals surface area contributed by atoms with Crippen molar-refractivity contribution in [3.63, 3.8) is 0 Å². The van der Waals surface area contributed by atoms with E-state index in [1.807, 2.05) is 18.3 Å². The Kier molecular flexibility index (Phi) is 5.96. The molecule has 0 saturated carbocycles. The molecule has 0 radical (unpaired) electrons. The Labute approximate surface area is 207 Å². The van der Waals surface area contributed by atoms with Gasteiger partial charge in [-0.15, -0.1) is 0 Å². The standard InChI is InChI=1S/C29H30N4S/c1-19(2)22-13-15-24(16-14-22)33-28(27(31-29(33)34)26-12-8-9-17-30-26)25-18-20(3)32(21(25)4)23-10-6-5-7-11-23/h5-19,27-28H,1-4H3,(H,31,34)/t27-,28+/m1/s1. The van der Waals surface area contributed by atoms with E-state index in [4.69, 9.17) is 17.2 Å². The lowest BCUT2D eigenvalue weighted by Crippen LogP contribution is -2.29. The molecule has 0 spiro atoms. The van der Waals surface area contributed by atoms with E-state index in [0.29, 0.717) is 5.92 Å². The van der Waals surface area contributed by atoms with Gasteiger partial charge in [-0.1, -0.05) is 50.2 Å². The van der Waals surface area contributed by atoms with Gasteiger partial charge in [0.05, 0.1) is 17.8 Å². The molecule has 1 aliphatic heterocycles. The van der Waals surface area contributed by atoms with Crippen LogP contribution >= 0.6 is 12.2 Å². The highest BCUT2D eigenvalue weighted by molar-refractivity contribution is 7.80. The van der Waals surface area contributed by atoms with Crippen LogP contribution in [0.15, 0.2) is 85.1 Å². The number of rotatable bonds is 5. The maximum Gasteiger partial charge on any atom is 0.174 e. The summed E-state index contributed by atoms with van der Waals surface area (Å²) in [6.07, 6.45) is 1.85. The van der Waals surface area contributed by atoms with Gasteiger partial charge in [0, 0.05) is 29.0 Å². The minimum Gasteiger partial charge on any atom is -0.351 e. The first-order chi connectivity index (χ1) is 16.5. The predicted molar refractivity (Wildman–Crippen MR) is 144 cm³/mol. The summed E-state index contributed by atoms with van der Waals surface area (Å²) in [7, 11) is 0. The van der Waals surface area contributed by atoms with E-state index >= 15 is 0 Å². The van der Waals surface area contributed by atoms with Crippen molar-refractivity contribution in [2.24, 2.45) is 0 Å². The molecule has 1 saturated heterocycles. The molecule has 34 heavy (non-hydrogen) atoms. The topological polar surface area (TPSA) is 33.1 Å². The zero-order valence-electron chi connectivity index (χ0n) is 20.1. The normalized spacial score (nSPS) is 17.9. The highest BCUT2D eigenvalue weighted by atomic mass is 32.1. The Hall–Kier alpha value is -3.44. The Morgan fingerprint density at radius 2 is 1.59 bits per heavy atom. The first kappa shape index (κ1) is 22.4. The number of thiocarbonyl (C=S) groups is 1. The summed E-state index contributed by atoms with van der Waals surface area (Å²) in [5.74, 6) is 0.486. The summed E-state index contributed by atoms with van der Waals surface area (Å²) >= 11 is 5.92. The molecule has 1 fully saturated rings. The van der Waals surface area contributed by atoms with Crippen LogP contribution in [-0.4, -0.2) is 14.7 Å². The molecule has 5 heteroatoms. The van der Waals surface area contributed by atoms with E-state index in [0.717, 1.165) is 16.5 Å². The van der Waals surface area contributed by atoms with E-state index in [1.54, 1.807) is 0 Å². The lowest BCUT2D eigenvalue weighted by atomic mass is 9.96. The minimum absolute atomic E-state index is 0.0176. The molecular formula is C29H30N4S. The monoisotopic (exact) mass is 466 g/mol. The summed E-state index contributed by atoms with van der Waals surface area (Å²) in [6.45, 7) is 8.80. The third kappa shape index (κ3) is 3.90. The van der Waals surface area contributed by atoms with Crippen LogP contribution in [-0.2, 0) is 0 Å². The molecule has 0 unspecified atom stereocenters. The van der Waals surface area contributed by atoms with E-state index in [-0.39, 0.29) is 12.1 Å². The Balaban J connectivity index is 1.65. The molecule has 0 amide bonds. The minimum atomic E-state index is -0.0526. The van der Waals surface area contributed by atoms with Gasteiger partial charge in [0.1, 0.15) is 0 Å². The van der Waals surface area contributed by atoms with Crippen LogP contribution in [0.4, 0.5) is 5.69 Å². The molecule has 0 aliphatic carbocycles. The van der Waals surface area contributed by atoms with E-state index in [9.17, 15) is 0 Å². The van der Waals surface area contributed by atoms with E-state index in [1.165, 1.54) is 28.2 Å². The molecule has 2 atom stereocenters. The van der Waals surface area contributed by atoms with Gasteiger partial charge in [0.2, 0.25) is 0 Å². The molecule has 172 valence electrons. The van der Waals surface area contributed by atoms with Gasteiger partial charge in [-0.05, 0) is 85.6 Å². The van der Waals surface area contributed by atoms with Crippen molar-refractivity contribution < 1.29 is 0 Å². The Bertz CT molecular complexity index is 1290. The average molecular weight is 467 g/mol. The summed E-state index contributed by atoms with van der Waals surface area (Å²) in [5.41, 5.74) is 8.23. The first-order valence-corrected chi connectivity index (χ1v) is 12.2. The molecule has 2 aromatic carbocycles. The van der Waals surface area contributed by atoms with Gasteiger partial charge in [-0.25, -0.2) is 0 Å². The third-order valence-corrected chi connectivity index (χ3v) is 7.05. The van der Waals surface area contributed by atoms with Gasteiger partial charge in [0.15, 0.2) is 5.11 Å². The second kappa shape index (κ2) is 9.07. The second-order valence-corrected chi connectivity index (χ2v) is 9.63. The van der Waals surface area contributed by atoms with Crippen molar-refractivity contribution in [3.8, 4) is 5.69 Å². The van der Waals surface area contributed by atoms with Crippen LogP contribution in [0.5, 0.6) is 0 Å². The van der Waals surface area contributed by atoms with Crippen molar-refractivity contribution >= 4 is 23.0 Å². The first-order valence-electron chi connectivity index (χ1n) is 11.8. The number of hydrogen-bond acceptors (Lipinski definition) is 2. The second-order valence-electron chi connectivity index (χ2n) is 9.24. The number of benzene rings is 2. The predicted octanol–water partition coefficient (Wildman–Crippen LogP) is 6.79. The van der Waals surface area contributed by atoms with Crippen LogP contribution in [0.1, 0.15) is 60.1 Å². The van der Waals surface area contributed by atoms with Gasteiger partial charge in [-0.3, -0.25) is 4.98 Å². The van der Waals surface area contributed by atoms with Gasteiger partial charge in [-0.2, -0.15) is 0 Å². The highest BCUT2D eigenvalue weighted by Gasteiger charge is 2.42. The molecule has 4 aromatic rings. The van der Waals surface area contributed by atoms with Crippen LogP contribution < -0.4 is 10.2 Å². The fraction of sp³-hybridized carbons (Fsp3) is 0.241.